The molecule has 1 aromatic carbocycles. The SMILES string of the molecule is CCC(C)NC(=O)CCN1CCN(c2ccccc2OC)CC1. The van der Waals surface area contributed by atoms with Crippen LogP contribution in [0, 0.1) is 0 Å². The molecule has 1 aliphatic heterocycles. The number of ether oxygens (including phenoxy) is 1. The monoisotopic (exact) mass is 319 g/mol. The van der Waals surface area contributed by atoms with E-state index >= 15 is 0 Å². The number of carbonyl (C=O) groups is 1. The average molecular weight is 319 g/mol. The van der Waals surface area contributed by atoms with E-state index in [4.69, 9.17) is 4.74 Å². The molecule has 1 aliphatic rings. The fraction of sp³-hybridized carbons (Fsp3) is 0.611. The summed E-state index contributed by atoms with van der Waals surface area (Å²) in [6, 6.07) is 8.41. The number of para-hydroxylation sites is 2. The van der Waals surface area contributed by atoms with E-state index in [1.165, 1.54) is 0 Å². The van der Waals surface area contributed by atoms with Gasteiger partial charge in [-0.1, -0.05) is 19.1 Å². The molecule has 1 unspecified atom stereocenters. The van der Waals surface area contributed by atoms with Gasteiger partial charge >= 0.3 is 0 Å². The fourth-order valence-electron chi connectivity index (χ4n) is 2.81. The van der Waals surface area contributed by atoms with Gasteiger partial charge in [0, 0.05) is 45.2 Å². The summed E-state index contributed by atoms with van der Waals surface area (Å²) in [5.41, 5.74) is 1.16. The lowest BCUT2D eigenvalue weighted by molar-refractivity contribution is -0.122. The molecule has 1 fully saturated rings. The van der Waals surface area contributed by atoms with E-state index in [9.17, 15) is 4.79 Å². The molecule has 0 radical (unpaired) electrons. The fourth-order valence-corrected chi connectivity index (χ4v) is 2.81. The van der Waals surface area contributed by atoms with Crippen LogP contribution in [-0.2, 0) is 4.79 Å². The van der Waals surface area contributed by atoms with Gasteiger partial charge in [-0.15, -0.1) is 0 Å². The van der Waals surface area contributed by atoms with E-state index in [0.717, 1.165) is 50.6 Å². The topological polar surface area (TPSA) is 44.8 Å². The Hall–Kier alpha value is -1.75. The number of carbonyl (C=O) groups excluding carboxylic acids is 1. The standard InChI is InChI=1S/C18H29N3O2/c1-4-15(2)19-18(22)9-10-20-11-13-21(14-12-20)16-7-5-6-8-17(16)23-3/h5-8,15H,4,9-14H2,1-3H3,(H,19,22). The number of benzene rings is 1. The van der Waals surface area contributed by atoms with Gasteiger partial charge in [0.2, 0.25) is 5.91 Å². The normalized spacial score (nSPS) is 16.9. The number of hydrogen-bond donors (Lipinski definition) is 1. The first-order valence-electron chi connectivity index (χ1n) is 8.53. The molecule has 0 spiro atoms. The molecule has 1 N–H and O–H groups in total. The quantitative estimate of drug-likeness (QED) is 0.836. The Labute approximate surface area is 139 Å². The Morgan fingerprint density at radius 2 is 1.96 bits per heavy atom. The van der Waals surface area contributed by atoms with Crippen LogP contribution in [0.5, 0.6) is 5.75 Å². The Morgan fingerprint density at radius 1 is 1.26 bits per heavy atom. The van der Waals surface area contributed by atoms with Crippen molar-refractivity contribution in [3.8, 4) is 5.75 Å². The first kappa shape index (κ1) is 17.6. The molecular formula is C18H29N3O2. The predicted molar refractivity (Wildman–Crippen MR) is 94.2 cm³/mol. The summed E-state index contributed by atoms with van der Waals surface area (Å²) in [6.45, 7) is 8.86. The van der Waals surface area contributed by atoms with Gasteiger partial charge in [-0.3, -0.25) is 9.69 Å². The number of nitrogens with zero attached hydrogens (tertiary/aromatic N) is 2. The molecule has 1 amide bonds. The van der Waals surface area contributed by atoms with Crippen LogP contribution in [0.4, 0.5) is 5.69 Å². The molecule has 0 aromatic heterocycles. The Bertz CT molecular complexity index is 499. The summed E-state index contributed by atoms with van der Waals surface area (Å²) < 4.78 is 5.44. The van der Waals surface area contributed by atoms with E-state index < -0.39 is 0 Å². The van der Waals surface area contributed by atoms with E-state index in [1.807, 2.05) is 25.1 Å². The number of hydrogen-bond acceptors (Lipinski definition) is 4. The first-order chi connectivity index (χ1) is 11.1. The van der Waals surface area contributed by atoms with E-state index in [1.54, 1.807) is 7.11 Å². The molecule has 0 bridgehead atoms. The maximum absolute atomic E-state index is 11.9. The minimum absolute atomic E-state index is 0.159. The number of rotatable bonds is 7. The van der Waals surface area contributed by atoms with Crippen LogP contribution in [0.1, 0.15) is 26.7 Å². The van der Waals surface area contributed by atoms with Crippen LogP contribution in [0.15, 0.2) is 24.3 Å². The molecule has 5 nitrogen and oxygen atoms in total. The predicted octanol–water partition coefficient (Wildman–Crippen LogP) is 2.12. The summed E-state index contributed by atoms with van der Waals surface area (Å²) in [5, 5.41) is 3.03. The van der Waals surface area contributed by atoms with Crippen molar-refractivity contribution in [3.05, 3.63) is 24.3 Å². The van der Waals surface area contributed by atoms with Crippen molar-refractivity contribution >= 4 is 11.6 Å². The van der Waals surface area contributed by atoms with Crippen molar-refractivity contribution in [2.75, 3.05) is 44.7 Å². The number of anilines is 1. The van der Waals surface area contributed by atoms with Gasteiger partial charge in [-0.25, -0.2) is 0 Å². The van der Waals surface area contributed by atoms with Crippen molar-refractivity contribution < 1.29 is 9.53 Å². The molecule has 5 heteroatoms. The van der Waals surface area contributed by atoms with Crippen molar-refractivity contribution in [2.45, 2.75) is 32.7 Å². The van der Waals surface area contributed by atoms with E-state index in [2.05, 4.69) is 28.1 Å². The highest BCUT2D eigenvalue weighted by molar-refractivity contribution is 5.76. The second-order valence-corrected chi connectivity index (χ2v) is 6.13. The maximum atomic E-state index is 11.9. The third-order valence-electron chi connectivity index (χ3n) is 4.47. The molecule has 2 rings (SSSR count). The smallest absolute Gasteiger partial charge is 0.221 e. The number of amides is 1. The van der Waals surface area contributed by atoms with Gasteiger partial charge in [0.05, 0.1) is 12.8 Å². The number of methoxy groups -OCH3 is 1. The van der Waals surface area contributed by atoms with Crippen molar-refractivity contribution in [1.82, 2.24) is 10.2 Å². The molecule has 1 atom stereocenters. The Balaban J connectivity index is 1.77. The number of piperazine rings is 1. The van der Waals surface area contributed by atoms with Crippen LogP contribution in [0.3, 0.4) is 0 Å². The highest BCUT2D eigenvalue weighted by Crippen LogP contribution is 2.28. The Morgan fingerprint density at radius 3 is 2.61 bits per heavy atom. The largest absolute Gasteiger partial charge is 0.495 e. The van der Waals surface area contributed by atoms with Crippen LogP contribution >= 0.6 is 0 Å². The third kappa shape index (κ3) is 5.13. The minimum atomic E-state index is 0.159. The van der Waals surface area contributed by atoms with E-state index in [-0.39, 0.29) is 11.9 Å². The molecule has 0 aliphatic carbocycles. The zero-order valence-corrected chi connectivity index (χ0v) is 14.5. The van der Waals surface area contributed by atoms with Crippen molar-refractivity contribution in [1.29, 1.82) is 0 Å². The summed E-state index contributed by atoms with van der Waals surface area (Å²) >= 11 is 0. The third-order valence-corrected chi connectivity index (χ3v) is 4.47. The van der Waals surface area contributed by atoms with Crippen LogP contribution in [0.25, 0.3) is 0 Å². The zero-order chi connectivity index (χ0) is 16.7. The lowest BCUT2D eigenvalue weighted by atomic mass is 10.2. The van der Waals surface area contributed by atoms with Crippen LogP contribution in [-0.4, -0.2) is 56.7 Å². The molecule has 1 aromatic rings. The summed E-state index contributed by atoms with van der Waals surface area (Å²) in [6.07, 6.45) is 1.56. The summed E-state index contributed by atoms with van der Waals surface area (Å²) in [4.78, 5) is 16.6. The zero-order valence-electron chi connectivity index (χ0n) is 14.5. The van der Waals surface area contributed by atoms with E-state index in [0.29, 0.717) is 6.42 Å². The Kier molecular flexibility index (Phi) is 6.71. The average Bonchev–Trinajstić information content (AvgIpc) is 2.60. The van der Waals surface area contributed by atoms with Gasteiger partial charge in [-0.05, 0) is 25.5 Å². The highest BCUT2D eigenvalue weighted by Gasteiger charge is 2.19. The molecular weight excluding hydrogens is 290 g/mol. The molecule has 0 saturated carbocycles. The van der Waals surface area contributed by atoms with Crippen LogP contribution in [0.2, 0.25) is 0 Å². The lowest BCUT2D eigenvalue weighted by Gasteiger charge is -2.36. The molecule has 23 heavy (non-hydrogen) atoms. The maximum Gasteiger partial charge on any atom is 0.221 e. The van der Waals surface area contributed by atoms with Gasteiger partial charge in [-0.2, -0.15) is 0 Å². The van der Waals surface area contributed by atoms with Crippen LogP contribution < -0.4 is 15.0 Å². The number of nitrogens with one attached hydrogen (secondary N) is 1. The summed E-state index contributed by atoms with van der Waals surface area (Å²) in [5.74, 6) is 1.08. The molecule has 128 valence electrons. The second kappa shape index (κ2) is 8.77. The minimum Gasteiger partial charge on any atom is -0.495 e. The lowest BCUT2D eigenvalue weighted by Crippen LogP contribution is -2.47. The van der Waals surface area contributed by atoms with Gasteiger partial charge in [0.1, 0.15) is 5.75 Å². The highest BCUT2D eigenvalue weighted by atomic mass is 16.5. The molecule has 1 heterocycles. The van der Waals surface area contributed by atoms with Gasteiger partial charge in [0.15, 0.2) is 0 Å². The van der Waals surface area contributed by atoms with Gasteiger partial charge in [0.25, 0.3) is 0 Å². The second-order valence-electron chi connectivity index (χ2n) is 6.13. The first-order valence-corrected chi connectivity index (χ1v) is 8.53. The molecule has 1 saturated heterocycles. The summed E-state index contributed by atoms with van der Waals surface area (Å²) in [7, 11) is 1.71. The van der Waals surface area contributed by atoms with Gasteiger partial charge < -0.3 is 15.0 Å². The van der Waals surface area contributed by atoms with Crippen molar-refractivity contribution in [3.63, 3.8) is 0 Å². The van der Waals surface area contributed by atoms with Crippen molar-refractivity contribution in [2.24, 2.45) is 0 Å².